The maximum atomic E-state index is 12.6. The number of aryl methyl sites for hydroxylation is 2. The molecule has 2 rings (SSSR count). The van der Waals surface area contributed by atoms with Gasteiger partial charge in [-0.2, -0.15) is 23.3 Å². The number of hydrogen-bond donors (Lipinski definition) is 0. The van der Waals surface area contributed by atoms with E-state index >= 15 is 0 Å². The molecule has 0 saturated heterocycles. The van der Waals surface area contributed by atoms with E-state index < -0.39 is 11.9 Å². The second-order valence-electron chi connectivity index (χ2n) is 4.72. The summed E-state index contributed by atoms with van der Waals surface area (Å²) in [5, 5.41) is 3.65. The van der Waals surface area contributed by atoms with E-state index in [2.05, 4.69) is 16.7 Å². The Labute approximate surface area is 135 Å². The molecule has 2 aromatic rings. The summed E-state index contributed by atoms with van der Waals surface area (Å²) < 4.78 is 49.5. The molecule has 0 amide bonds. The summed E-state index contributed by atoms with van der Waals surface area (Å²) in [5.41, 5.74) is -0.291. The number of nitrogens with zero attached hydrogens (tertiary/aromatic N) is 3. The molecule has 0 spiro atoms. The third-order valence-electron chi connectivity index (χ3n) is 2.64. The van der Waals surface area contributed by atoms with Gasteiger partial charge in [-0.3, -0.25) is 0 Å². The second kappa shape index (κ2) is 6.49. The van der Waals surface area contributed by atoms with E-state index in [0.717, 1.165) is 16.3 Å². The van der Waals surface area contributed by atoms with Gasteiger partial charge in [-0.15, -0.1) is 0 Å². The molecule has 0 N–H and O–H groups in total. The lowest BCUT2D eigenvalue weighted by molar-refractivity contribution is -0.141. The predicted molar refractivity (Wildman–Crippen MR) is 77.7 cm³/mol. The Balaban J connectivity index is 2.23. The van der Waals surface area contributed by atoms with Gasteiger partial charge in [0.05, 0.1) is 0 Å². The van der Waals surface area contributed by atoms with Crippen LogP contribution in [-0.4, -0.2) is 21.4 Å². The molecule has 0 atom stereocenters. The monoisotopic (exact) mass is 347 g/mol. The van der Waals surface area contributed by atoms with Gasteiger partial charge in [0, 0.05) is 30.3 Å². The Morgan fingerprint density at radius 1 is 1.30 bits per heavy atom. The second-order valence-corrected chi connectivity index (χ2v) is 5.25. The van der Waals surface area contributed by atoms with Crippen molar-refractivity contribution < 1.29 is 22.6 Å². The van der Waals surface area contributed by atoms with Crippen LogP contribution in [0.5, 0.6) is 17.6 Å². The van der Waals surface area contributed by atoms with Crippen molar-refractivity contribution in [3.8, 4) is 17.6 Å². The Morgan fingerprint density at radius 3 is 2.52 bits per heavy atom. The number of hydrogen-bond acceptors (Lipinski definition) is 4. The molecule has 124 valence electrons. The van der Waals surface area contributed by atoms with Crippen LogP contribution in [0, 0.1) is 6.92 Å². The van der Waals surface area contributed by atoms with Gasteiger partial charge in [0.25, 0.3) is 0 Å². The fourth-order valence-electron chi connectivity index (χ4n) is 1.67. The molecule has 0 aliphatic rings. The maximum Gasteiger partial charge on any atom is 0.435 e. The van der Waals surface area contributed by atoms with Crippen LogP contribution in [0.4, 0.5) is 13.2 Å². The Morgan fingerprint density at radius 2 is 1.96 bits per heavy atom. The van der Waals surface area contributed by atoms with Crippen molar-refractivity contribution in [1.82, 2.24) is 14.8 Å². The third-order valence-corrected chi connectivity index (χ3v) is 2.74. The minimum absolute atomic E-state index is 0.0569. The molecule has 0 aliphatic carbocycles. The number of alkyl halides is 3. The minimum Gasteiger partial charge on any atom is -0.472 e. The SMILES string of the molecule is C=C(Cl)COc1cc(C)cc(Oc2cc(C(F)(F)F)nn2C)n1. The van der Waals surface area contributed by atoms with Gasteiger partial charge in [0.1, 0.15) is 6.61 Å². The molecule has 0 unspecified atom stereocenters. The molecular weight excluding hydrogens is 335 g/mol. The van der Waals surface area contributed by atoms with Crippen molar-refractivity contribution in [2.75, 3.05) is 6.61 Å². The van der Waals surface area contributed by atoms with Crippen LogP contribution in [0.1, 0.15) is 11.3 Å². The molecule has 9 heteroatoms. The molecule has 5 nitrogen and oxygen atoms in total. The standard InChI is InChI=1S/C14H13ClF3N3O2/c1-8-4-11(22-7-9(2)15)19-12(5-8)23-13-6-10(14(16,17)18)20-21(13)3/h4-6H,2,7H2,1,3H3. The average molecular weight is 348 g/mol. The van der Waals surface area contributed by atoms with Crippen LogP contribution < -0.4 is 9.47 Å². The highest BCUT2D eigenvalue weighted by Crippen LogP contribution is 2.32. The Kier molecular flexibility index (Phi) is 4.84. The normalized spacial score (nSPS) is 11.4. The first-order valence-electron chi connectivity index (χ1n) is 6.39. The molecule has 0 fully saturated rings. The lowest BCUT2D eigenvalue weighted by Gasteiger charge is -2.09. The maximum absolute atomic E-state index is 12.6. The number of pyridine rings is 1. The van der Waals surface area contributed by atoms with E-state index in [-0.39, 0.29) is 29.3 Å². The van der Waals surface area contributed by atoms with Crippen molar-refractivity contribution in [3.05, 3.63) is 41.1 Å². The molecule has 0 bridgehead atoms. The van der Waals surface area contributed by atoms with Gasteiger partial charge in [-0.1, -0.05) is 18.2 Å². The molecular formula is C14H13ClF3N3O2. The fourth-order valence-corrected chi connectivity index (χ4v) is 1.73. The van der Waals surface area contributed by atoms with Crippen LogP contribution >= 0.6 is 11.6 Å². The average Bonchev–Trinajstić information content (AvgIpc) is 2.77. The quantitative estimate of drug-likeness (QED) is 0.818. The first kappa shape index (κ1) is 17.1. The van der Waals surface area contributed by atoms with E-state index in [9.17, 15) is 13.2 Å². The number of aromatic nitrogens is 3. The molecule has 0 saturated carbocycles. The van der Waals surface area contributed by atoms with Gasteiger partial charge in [-0.05, 0) is 12.5 Å². The summed E-state index contributed by atoms with van der Waals surface area (Å²) in [6.07, 6.45) is -4.55. The molecule has 0 radical (unpaired) electrons. The summed E-state index contributed by atoms with van der Waals surface area (Å²) in [6.45, 7) is 5.31. The van der Waals surface area contributed by atoms with Crippen LogP contribution in [0.3, 0.4) is 0 Å². The van der Waals surface area contributed by atoms with Crippen molar-refractivity contribution >= 4 is 11.6 Å². The molecule has 2 heterocycles. The third kappa shape index (κ3) is 4.62. The van der Waals surface area contributed by atoms with E-state index in [1.165, 1.54) is 7.05 Å². The summed E-state index contributed by atoms with van der Waals surface area (Å²) in [7, 11) is 1.34. The highest BCUT2D eigenvalue weighted by molar-refractivity contribution is 6.29. The van der Waals surface area contributed by atoms with Crippen molar-refractivity contribution in [2.24, 2.45) is 7.05 Å². The molecule has 23 heavy (non-hydrogen) atoms. The van der Waals surface area contributed by atoms with Crippen LogP contribution in [0.2, 0.25) is 0 Å². The molecule has 0 aromatic carbocycles. The van der Waals surface area contributed by atoms with Gasteiger partial charge in [0.15, 0.2) is 5.69 Å². The van der Waals surface area contributed by atoms with E-state index in [0.29, 0.717) is 0 Å². The number of halogens is 4. The van der Waals surface area contributed by atoms with E-state index in [1.807, 2.05) is 0 Å². The summed E-state index contributed by atoms with van der Waals surface area (Å²) in [4.78, 5) is 4.05. The zero-order chi connectivity index (χ0) is 17.2. The summed E-state index contributed by atoms with van der Waals surface area (Å²) >= 11 is 5.61. The Hall–Kier alpha value is -2.22. The largest absolute Gasteiger partial charge is 0.472 e. The highest BCUT2D eigenvalue weighted by atomic mass is 35.5. The van der Waals surface area contributed by atoms with Crippen LogP contribution in [0.15, 0.2) is 29.8 Å². The predicted octanol–water partition coefficient (Wildman–Crippen LogP) is 4.07. The molecule has 2 aromatic heterocycles. The lowest BCUT2D eigenvalue weighted by atomic mass is 10.3. The number of rotatable bonds is 5. The first-order chi connectivity index (χ1) is 10.6. The van der Waals surface area contributed by atoms with E-state index in [4.69, 9.17) is 21.1 Å². The van der Waals surface area contributed by atoms with Gasteiger partial charge in [0.2, 0.25) is 17.6 Å². The summed E-state index contributed by atoms with van der Waals surface area (Å²) in [6, 6.07) is 3.99. The van der Waals surface area contributed by atoms with Gasteiger partial charge >= 0.3 is 6.18 Å². The Bertz CT molecular complexity index is 729. The van der Waals surface area contributed by atoms with Crippen molar-refractivity contribution in [3.63, 3.8) is 0 Å². The topological polar surface area (TPSA) is 49.2 Å². The highest BCUT2D eigenvalue weighted by Gasteiger charge is 2.35. The number of ether oxygens (including phenoxy) is 2. The van der Waals surface area contributed by atoms with Gasteiger partial charge in [-0.25, -0.2) is 4.68 Å². The van der Waals surface area contributed by atoms with Crippen molar-refractivity contribution in [2.45, 2.75) is 13.1 Å². The zero-order valence-electron chi connectivity index (χ0n) is 12.3. The zero-order valence-corrected chi connectivity index (χ0v) is 13.1. The molecule has 0 aliphatic heterocycles. The van der Waals surface area contributed by atoms with Gasteiger partial charge < -0.3 is 9.47 Å². The van der Waals surface area contributed by atoms with Crippen LogP contribution in [-0.2, 0) is 13.2 Å². The van der Waals surface area contributed by atoms with Crippen molar-refractivity contribution in [1.29, 1.82) is 0 Å². The smallest absolute Gasteiger partial charge is 0.435 e. The lowest BCUT2D eigenvalue weighted by Crippen LogP contribution is -2.06. The minimum atomic E-state index is -4.55. The van der Waals surface area contributed by atoms with Crippen LogP contribution in [0.25, 0.3) is 0 Å². The first-order valence-corrected chi connectivity index (χ1v) is 6.77. The van der Waals surface area contributed by atoms with E-state index in [1.54, 1.807) is 19.1 Å². The summed E-state index contributed by atoms with van der Waals surface area (Å²) in [5.74, 6) is 0.208. The fraction of sp³-hybridized carbons (Fsp3) is 0.286.